The molecule has 7 heteroatoms. The first-order valence-corrected chi connectivity index (χ1v) is 10.5. The van der Waals surface area contributed by atoms with E-state index in [0.29, 0.717) is 17.8 Å². The second kappa shape index (κ2) is 7.64. The first kappa shape index (κ1) is 19.1. The quantitative estimate of drug-likeness (QED) is 0.806. The van der Waals surface area contributed by atoms with Crippen LogP contribution in [0.5, 0.6) is 0 Å². The van der Waals surface area contributed by atoms with Crippen molar-refractivity contribution in [1.29, 1.82) is 0 Å². The highest BCUT2D eigenvalue weighted by molar-refractivity contribution is 7.11. The van der Waals surface area contributed by atoms with Gasteiger partial charge < -0.3 is 15.4 Å². The molecule has 0 unspecified atom stereocenters. The van der Waals surface area contributed by atoms with Crippen molar-refractivity contribution in [3.63, 3.8) is 0 Å². The van der Waals surface area contributed by atoms with Crippen LogP contribution in [0.25, 0.3) is 0 Å². The van der Waals surface area contributed by atoms with E-state index in [4.69, 9.17) is 4.74 Å². The van der Waals surface area contributed by atoms with E-state index in [1.165, 1.54) is 0 Å². The molecule has 28 heavy (non-hydrogen) atoms. The Balaban J connectivity index is 1.42. The van der Waals surface area contributed by atoms with Gasteiger partial charge in [0.2, 0.25) is 5.91 Å². The zero-order valence-electron chi connectivity index (χ0n) is 16.4. The number of fused-ring (bicyclic) bond motifs is 2. The molecule has 0 spiro atoms. The van der Waals surface area contributed by atoms with Crippen LogP contribution >= 0.6 is 11.3 Å². The summed E-state index contributed by atoms with van der Waals surface area (Å²) in [4.78, 5) is 30.7. The maximum atomic E-state index is 12.7. The van der Waals surface area contributed by atoms with Crippen molar-refractivity contribution in [1.82, 2.24) is 10.3 Å². The normalized spacial score (nSPS) is 23.0. The largest absolute Gasteiger partial charge is 0.374 e. The SMILES string of the molecule is Cc1nc(C)c(CNC(=O)c2ccc(C)c(NC(=O)[C@@H]3C[C@@H]4CC[C@H]3O4)c2)s1. The summed E-state index contributed by atoms with van der Waals surface area (Å²) >= 11 is 1.59. The molecule has 3 heterocycles. The minimum Gasteiger partial charge on any atom is -0.374 e. The number of ether oxygens (including phenoxy) is 1. The molecule has 1 aromatic heterocycles. The topological polar surface area (TPSA) is 80.3 Å². The van der Waals surface area contributed by atoms with Crippen molar-refractivity contribution in [2.24, 2.45) is 5.92 Å². The summed E-state index contributed by atoms with van der Waals surface area (Å²) in [7, 11) is 0. The number of thiazole rings is 1. The van der Waals surface area contributed by atoms with Crippen LogP contribution in [-0.4, -0.2) is 29.0 Å². The molecule has 2 aliphatic rings. The lowest BCUT2D eigenvalue weighted by Crippen LogP contribution is -2.31. The van der Waals surface area contributed by atoms with Gasteiger partial charge in [0.05, 0.1) is 35.4 Å². The van der Waals surface area contributed by atoms with Crippen molar-refractivity contribution in [3.8, 4) is 0 Å². The van der Waals surface area contributed by atoms with Gasteiger partial charge in [-0.15, -0.1) is 11.3 Å². The van der Waals surface area contributed by atoms with Crippen LogP contribution in [0.1, 0.15) is 50.8 Å². The van der Waals surface area contributed by atoms with Crippen molar-refractivity contribution in [3.05, 3.63) is 44.9 Å². The molecule has 2 saturated heterocycles. The lowest BCUT2D eigenvalue weighted by atomic mass is 9.88. The maximum Gasteiger partial charge on any atom is 0.251 e. The zero-order chi connectivity index (χ0) is 19.8. The van der Waals surface area contributed by atoms with Gasteiger partial charge >= 0.3 is 0 Å². The molecule has 0 aliphatic carbocycles. The average Bonchev–Trinajstić information content (AvgIpc) is 3.37. The van der Waals surface area contributed by atoms with E-state index in [2.05, 4.69) is 15.6 Å². The van der Waals surface area contributed by atoms with Crippen molar-refractivity contribution in [2.45, 2.75) is 58.8 Å². The first-order chi connectivity index (χ1) is 13.4. The van der Waals surface area contributed by atoms with Crippen molar-refractivity contribution in [2.75, 3.05) is 5.32 Å². The molecule has 2 aliphatic heterocycles. The van der Waals surface area contributed by atoms with Crippen LogP contribution in [0.4, 0.5) is 5.69 Å². The number of carbonyl (C=O) groups excluding carboxylic acids is 2. The number of carbonyl (C=O) groups is 2. The van der Waals surface area contributed by atoms with Gasteiger partial charge in [-0.05, 0) is 57.7 Å². The Kier molecular flexibility index (Phi) is 5.21. The number of benzene rings is 1. The molecular weight excluding hydrogens is 374 g/mol. The van der Waals surface area contributed by atoms with Crippen LogP contribution in [-0.2, 0) is 16.1 Å². The summed E-state index contributed by atoms with van der Waals surface area (Å²) in [5, 5.41) is 6.95. The van der Waals surface area contributed by atoms with E-state index >= 15 is 0 Å². The maximum absolute atomic E-state index is 12.7. The Hall–Kier alpha value is -2.25. The van der Waals surface area contributed by atoms with E-state index in [9.17, 15) is 9.59 Å². The van der Waals surface area contributed by atoms with Gasteiger partial charge in [0.1, 0.15) is 0 Å². The van der Waals surface area contributed by atoms with Crippen LogP contribution in [0.2, 0.25) is 0 Å². The number of anilines is 1. The molecular formula is C21H25N3O3S. The molecule has 148 valence electrons. The van der Waals surface area contributed by atoms with Gasteiger partial charge in [0, 0.05) is 16.1 Å². The van der Waals surface area contributed by atoms with E-state index in [1.807, 2.05) is 26.8 Å². The summed E-state index contributed by atoms with van der Waals surface area (Å²) in [6, 6.07) is 5.40. The smallest absolute Gasteiger partial charge is 0.251 e. The van der Waals surface area contributed by atoms with E-state index in [0.717, 1.165) is 40.4 Å². The molecule has 2 aromatic rings. The number of amides is 2. The van der Waals surface area contributed by atoms with E-state index in [1.54, 1.807) is 23.5 Å². The number of hydrogen-bond acceptors (Lipinski definition) is 5. The minimum absolute atomic E-state index is 0.0105. The summed E-state index contributed by atoms with van der Waals surface area (Å²) in [6.45, 7) is 6.29. The molecule has 3 atom stereocenters. The number of hydrogen-bond donors (Lipinski definition) is 2. The highest BCUT2D eigenvalue weighted by atomic mass is 32.1. The second-order valence-electron chi connectivity index (χ2n) is 7.66. The fourth-order valence-corrected chi connectivity index (χ4v) is 4.91. The fourth-order valence-electron chi connectivity index (χ4n) is 4.04. The lowest BCUT2D eigenvalue weighted by Gasteiger charge is -2.19. The highest BCUT2D eigenvalue weighted by Crippen LogP contribution is 2.39. The first-order valence-electron chi connectivity index (χ1n) is 9.69. The van der Waals surface area contributed by atoms with E-state index < -0.39 is 0 Å². The Labute approximate surface area is 168 Å². The van der Waals surface area contributed by atoms with Crippen molar-refractivity contribution >= 4 is 28.8 Å². The molecule has 1 aromatic carbocycles. The zero-order valence-corrected chi connectivity index (χ0v) is 17.2. The molecule has 6 nitrogen and oxygen atoms in total. The molecule has 2 N–H and O–H groups in total. The highest BCUT2D eigenvalue weighted by Gasteiger charge is 2.44. The number of nitrogens with one attached hydrogen (secondary N) is 2. The molecule has 2 amide bonds. The minimum atomic E-state index is -0.163. The predicted molar refractivity (Wildman–Crippen MR) is 109 cm³/mol. The standard InChI is InChI=1S/C21H25N3O3S/c1-11-4-5-14(20(25)22-10-19-12(2)23-13(3)28-19)8-17(11)24-21(26)16-9-15-6-7-18(16)27-15/h4-5,8,15-16,18H,6-7,9-10H2,1-3H3,(H,22,25)(H,24,26)/t15-,16+,18+/m0/s1. The summed E-state index contributed by atoms with van der Waals surface area (Å²) < 4.78 is 5.79. The van der Waals surface area contributed by atoms with Gasteiger partial charge in [-0.2, -0.15) is 0 Å². The van der Waals surface area contributed by atoms with Gasteiger partial charge in [-0.1, -0.05) is 6.07 Å². The van der Waals surface area contributed by atoms with Gasteiger partial charge in [-0.25, -0.2) is 4.98 Å². The molecule has 0 saturated carbocycles. The van der Waals surface area contributed by atoms with Gasteiger partial charge in [0.15, 0.2) is 0 Å². The molecule has 2 fully saturated rings. The Morgan fingerprint density at radius 1 is 1.25 bits per heavy atom. The Morgan fingerprint density at radius 2 is 2.07 bits per heavy atom. The predicted octanol–water partition coefficient (Wildman–Crippen LogP) is 3.50. The monoisotopic (exact) mass is 399 g/mol. The lowest BCUT2D eigenvalue weighted by molar-refractivity contribution is -0.121. The van der Waals surface area contributed by atoms with E-state index in [-0.39, 0.29) is 29.9 Å². The molecule has 2 bridgehead atoms. The Bertz CT molecular complexity index is 924. The number of nitrogens with zero attached hydrogens (tertiary/aromatic N) is 1. The number of aromatic nitrogens is 1. The third-order valence-electron chi connectivity index (χ3n) is 5.61. The van der Waals surface area contributed by atoms with Crippen LogP contribution in [0, 0.1) is 26.7 Å². The average molecular weight is 400 g/mol. The summed E-state index contributed by atoms with van der Waals surface area (Å²) in [5.41, 5.74) is 3.10. The van der Waals surface area contributed by atoms with Crippen LogP contribution in [0.15, 0.2) is 18.2 Å². The second-order valence-corrected chi connectivity index (χ2v) is 8.95. The Morgan fingerprint density at radius 3 is 2.71 bits per heavy atom. The third kappa shape index (κ3) is 3.82. The van der Waals surface area contributed by atoms with Gasteiger partial charge in [-0.3, -0.25) is 9.59 Å². The number of rotatable bonds is 5. The van der Waals surface area contributed by atoms with Crippen LogP contribution in [0.3, 0.4) is 0 Å². The van der Waals surface area contributed by atoms with Crippen molar-refractivity contribution < 1.29 is 14.3 Å². The number of aryl methyl sites for hydroxylation is 3. The fraction of sp³-hybridized carbons (Fsp3) is 0.476. The van der Waals surface area contributed by atoms with Crippen LogP contribution < -0.4 is 10.6 Å². The van der Waals surface area contributed by atoms with Gasteiger partial charge in [0.25, 0.3) is 5.91 Å². The third-order valence-corrected chi connectivity index (χ3v) is 6.68. The molecule has 4 rings (SSSR count). The summed E-state index contributed by atoms with van der Waals surface area (Å²) in [5.74, 6) is -0.263. The summed E-state index contributed by atoms with van der Waals surface area (Å²) in [6.07, 6.45) is 3.09. The molecule has 0 radical (unpaired) electrons.